The van der Waals surface area contributed by atoms with E-state index in [4.69, 9.17) is 4.74 Å². The van der Waals surface area contributed by atoms with Crippen LogP contribution in [0.15, 0.2) is 0 Å². The number of hydrogen-bond donors (Lipinski definition) is 2. The molecule has 3 aliphatic heterocycles. The third kappa shape index (κ3) is 4.17. The van der Waals surface area contributed by atoms with Crippen LogP contribution in [0.2, 0.25) is 0 Å². The monoisotopic (exact) mass is 364 g/mol. The zero-order valence-electron chi connectivity index (χ0n) is 16.9. The van der Waals surface area contributed by atoms with Crippen molar-refractivity contribution >= 4 is 11.9 Å². The number of nitrogens with one attached hydrogen (secondary N) is 2. The molecule has 3 heterocycles. The van der Waals surface area contributed by atoms with Crippen molar-refractivity contribution in [2.45, 2.75) is 109 Å². The van der Waals surface area contributed by atoms with Gasteiger partial charge in [0.05, 0.1) is 31.3 Å². The highest BCUT2D eigenvalue weighted by Crippen LogP contribution is 2.34. The molecule has 0 aromatic rings. The maximum Gasteiger partial charge on any atom is 0.346 e. The summed E-state index contributed by atoms with van der Waals surface area (Å²) in [7, 11) is 1.51. The molecular weight excluding hydrogens is 326 g/mol. The number of ether oxygens (including phenoxy) is 1. The molecule has 0 aromatic carbocycles. The van der Waals surface area contributed by atoms with Crippen LogP contribution in [0, 0.1) is 5.92 Å². The number of hydrogen-bond acceptors (Lipinski definition) is 4. The van der Waals surface area contributed by atoms with Crippen molar-refractivity contribution < 1.29 is 14.1 Å². The van der Waals surface area contributed by atoms with Crippen LogP contribution >= 0.6 is 0 Å². The number of nitrogens with zero attached hydrogens (tertiary/aromatic N) is 1. The normalized spacial score (nSPS) is 32.7. The molecule has 5 atom stereocenters. The SMILES string of the molecule is CCCCCCCCC[C@H]1C[C@H]2CC[C@H]3[C@@H](C(=O)OC)[C@@H](C)NC(=[N+]23)N1. The van der Waals surface area contributed by atoms with Gasteiger partial charge in [-0.25, -0.2) is 0 Å². The first-order valence-corrected chi connectivity index (χ1v) is 10.9. The van der Waals surface area contributed by atoms with Crippen LogP contribution in [-0.2, 0) is 9.53 Å². The van der Waals surface area contributed by atoms with Gasteiger partial charge in [0, 0.05) is 6.42 Å². The summed E-state index contributed by atoms with van der Waals surface area (Å²) in [6.07, 6.45) is 14.4. The lowest BCUT2D eigenvalue weighted by Crippen LogP contribution is -2.66. The van der Waals surface area contributed by atoms with Gasteiger partial charge >= 0.3 is 11.9 Å². The highest BCUT2D eigenvalue weighted by atomic mass is 16.5. The molecule has 5 heteroatoms. The van der Waals surface area contributed by atoms with Gasteiger partial charge in [-0.15, -0.1) is 0 Å². The first kappa shape index (κ1) is 19.5. The summed E-state index contributed by atoms with van der Waals surface area (Å²) in [5.41, 5.74) is 0. The molecule has 0 aromatic heterocycles. The van der Waals surface area contributed by atoms with Gasteiger partial charge in [-0.05, 0) is 26.2 Å². The highest BCUT2D eigenvalue weighted by Gasteiger charge is 2.52. The number of rotatable bonds is 9. The fourth-order valence-electron chi connectivity index (χ4n) is 5.29. The lowest BCUT2D eigenvalue weighted by atomic mass is 9.90. The summed E-state index contributed by atoms with van der Waals surface area (Å²) in [5, 5.41) is 7.32. The van der Waals surface area contributed by atoms with Crippen molar-refractivity contribution in [3.05, 3.63) is 0 Å². The van der Waals surface area contributed by atoms with E-state index in [0.29, 0.717) is 18.1 Å². The van der Waals surface area contributed by atoms with E-state index in [2.05, 4.69) is 29.1 Å². The number of carbonyl (C=O) groups excluding carboxylic acids is 1. The second kappa shape index (κ2) is 9.09. The lowest BCUT2D eigenvalue weighted by Gasteiger charge is -2.38. The third-order valence-corrected chi connectivity index (χ3v) is 6.65. The Morgan fingerprint density at radius 2 is 1.85 bits per heavy atom. The Labute approximate surface area is 159 Å². The van der Waals surface area contributed by atoms with Crippen LogP contribution in [0.5, 0.6) is 0 Å². The molecule has 0 spiro atoms. The molecule has 1 saturated heterocycles. The minimum atomic E-state index is -0.0695. The van der Waals surface area contributed by atoms with E-state index in [1.165, 1.54) is 77.3 Å². The first-order chi connectivity index (χ1) is 12.7. The standard InChI is InChI=1S/C21H37N3O2/c1-4-5-6-7-8-9-10-11-16-14-17-12-13-18-19(20(25)26-3)15(2)22-21(23-16)24(17)18/h15-19H,4-14H2,1-3H3,(H,22,23)/p+1/t15-,16+,17-,18+,19+/m1/s1. The quantitative estimate of drug-likeness (QED) is 0.375. The molecule has 0 aliphatic carbocycles. The van der Waals surface area contributed by atoms with E-state index >= 15 is 0 Å². The van der Waals surface area contributed by atoms with Gasteiger partial charge in [0.2, 0.25) is 0 Å². The van der Waals surface area contributed by atoms with Crippen molar-refractivity contribution in [3.63, 3.8) is 0 Å². The van der Waals surface area contributed by atoms with Gasteiger partial charge in [0.15, 0.2) is 0 Å². The van der Waals surface area contributed by atoms with Crippen LogP contribution in [0.4, 0.5) is 0 Å². The molecule has 26 heavy (non-hydrogen) atoms. The molecule has 3 rings (SSSR count). The Balaban J connectivity index is 1.52. The third-order valence-electron chi connectivity index (χ3n) is 6.65. The van der Waals surface area contributed by atoms with Crippen LogP contribution in [0.1, 0.15) is 84.5 Å². The number of esters is 1. The number of unbranched alkanes of at least 4 members (excludes halogenated alkanes) is 6. The Kier molecular flexibility index (Phi) is 6.82. The van der Waals surface area contributed by atoms with Gasteiger partial charge in [0.25, 0.3) is 0 Å². The van der Waals surface area contributed by atoms with Gasteiger partial charge in [-0.3, -0.25) is 20.0 Å². The highest BCUT2D eigenvalue weighted by molar-refractivity contribution is 5.80. The molecule has 5 nitrogen and oxygen atoms in total. The molecule has 148 valence electrons. The summed E-state index contributed by atoms with van der Waals surface area (Å²) in [4.78, 5) is 12.3. The molecule has 0 radical (unpaired) electrons. The number of guanidine groups is 1. The maximum absolute atomic E-state index is 12.3. The maximum atomic E-state index is 12.3. The Bertz CT molecular complexity index is 519. The number of methoxy groups -OCH3 is 1. The van der Waals surface area contributed by atoms with Crippen molar-refractivity contribution in [3.8, 4) is 0 Å². The number of carbonyl (C=O) groups is 1. The van der Waals surface area contributed by atoms with Crippen LogP contribution in [0.25, 0.3) is 0 Å². The van der Waals surface area contributed by atoms with E-state index in [0.717, 1.165) is 6.42 Å². The minimum Gasteiger partial charge on any atom is -0.469 e. The zero-order valence-corrected chi connectivity index (χ0v) is 16.9. The van der Waals surface area contributed by atoms with Crippen molar-refractivity contribution in [1.82, 2.24) is 10.6 Å². The fraction of sp³-hybridized carbons (Fsp3) is 0.905. The lowest BCUT2D eigenvalue weighted by molar-refractivity contribution is -0.598. The fourth-order valence-corrected chi connectivity index (χ4v) is 5.29. The van der Waals surface area contributed by atoms with Crippen LogP contribution < -0.4 is 10.6 Å². The van der Waals surface area contributed by atoms with Crippen molar-refractivity contribution in [1.29, 1.82) is 0 Å². The Morgan fingerprint density at radius 1 is 1.12 bits per heavy atom. The molecule has 0 bridgehead atoms. The van der Waals surface area contributed by atoms with E-state index in [1.54, 1.807) is 0 Å². The topological polar surface area (TPSA) is 53.4 Å². The average molecular weight is 365 g/mol. The van der Waals surface area contributed by atoms with Crippen LogP contribution in [-0.4, -0.2) is 47.8 Å². The van der Waals surface area contributed by atoms with Crippen molar-refractivity contribution in [2.24, 2.45) is 5.92 Å². The summed E-state index contributed by atoms with van der Waals surface area (Å²) in [6, 6.07) is 1.58. The minimum absolute atomic E-state index is 0.0600. The smallest absolute Gasteiger partial charge is 0.346 e. The molecular formula is C21H38N3O2+. The van der Waals surface area contributed by atoms with E-state index in [9.17, 15) is 4.79 Å². The Hall–Kier alpha value is -1.26. The molecule has 2 N–H and O–H groups in total. The van der Waals surface area contributed by atoms with E-state index < -0.39 is 0 Å². The second-order valence-corrected chi connectivity index (χ2v) is 8.52. The molecule has 0 saturated carbocycles. The summed E-state index contributed by atoms with van der Waals surface area (Å²) in [5.74, 6) is 1.04. The average Bonchev–Trinajstić information content (AvgIpc) is 3.05. The van der Waals surface area contributed by atoms with Gasteiger partial charge in [0.1, 0.15) is 5.92 Å². The van der Waals surface area contributed by atoms with Gasteiger partial charge in [-0.2, -0.15) is 0 Å². The van der Waals surface area contributed by atoms with Crippen molar-refractivity contribution in [2.75, 3.05) is 7.11 Å². The van der Waals surface area contributed by atoms with Crippen LogP contribution in [0.3, 0.4) is 0 Å². The first-order valence-electron chi connectivity index (χ1n) is 10.9. The summed E-state index contributed by atoms with van der Waals surface area (Å²) in [6.45, 7) is 4.39. The predicted molar refractivity (Wildman–Crippen MR) is 104 cm³/mol. The Morgan fingerprint density at radius 3 is 2.58 bits per heavy atom. The van der Waals surface area contributed by atoms with E-state index in [1.807, 2.05) is 0 Å². The summed E-state index contributed by atoms with van der Waals surface area (Å²) < 4.78 is 7.54. The largest absolute Gasteiger partial charge is 0.469 e. The molecule has 1 fully saturated rings. The second-order valence-electron chi connectivity index (χ2n) is 8.52. The van der Waals surface area contributed by atoms with E-state index in [-0.39, 0.29) is 17.9 Å². The molecule has 0 unspecified atom stereocenters. The van der Waals surface area contributed by atoms with Gasteiger partial charge < -0.3 is 4.74 Å². The predicted octanol–water partition coefficient (Wildman–Crippen LogP) is 3.17. The summed E-state index contributed by atoms with van der Waals surface area (Å²) >= 11 is 0. The zero-order chi connectivity index (χ0) is 18.5. The molecule has 3 aliphatic rings. The van der Waals surface area contributed by atoms with Gasteiger partial charge in [-0.1, -0.05) is 51.9 Å². The molecule has 0 amide bonds.